The summed E-state index contributed by atoms with van der Waals surface area (Å²) in [6.07, 6.45) is 3.65. The Morgan fingerprint density at radius 2 is 1.68 bits per heavy atom. The van der Waals surface area contributed by atoms with Crippen LogP contribution in [0.2, 0.25) is 0 Å². The van der Waals surface area contributed by atoms with Crippen molar-refractivity contribution in [2.45, 2.75) is 0 Å². The van der Waals surface area contributed by atoms with Gasteiger partial charge in [-0.15, -0.1) is 0 Å². The fourth-order valence-electron chi connectivity index (χ4n) is 2.11. The Morgan fingerprint density at radius 1 is 0.955 bits per heavy atom. The summed E-state index contributed by atoms with van der Waals surface area (Å²) < 4.78 is 18.7. The van der Waals surface area contributed by atoms with Gasteiger partial charge < -0.3 is 4.42 Å². The van der Waals surface area contributed by atoms with Gasteiger partial charge in [-0.1, -0.05) is 36.4 Å². The molecule has 0 amide bonds. The van der Waals surface area contributed by atoms with Crippen LogP contribution in [0.5, 0.6) is 0 Å². The Bertz CT molecular complexity index is 839. The monoisotopic (exact) mass is 289 g/mol. The van der Waals surface area contributed by atoms with E-state index in [1.165, 1.54) is 12.1 Å². The summed E-state index contributed by atoms with van der Waals surface area (Å²) in [7, 11) is 0. The predicted octanol–water partition coefficient (Wildman–Crippen LogP) is 5.13. The van der Waals surface area contributed by atoms with Gasteiger partial charge in [-0.25, -0.2) is 4.39 Å². The quantitative estimate of drug-likeness (QED) is 0.670. The molecule has 3 heteroatoms. The Hall–Kier alpha value is -3.12. The van der Waals surface area contributed by atoms with Gasteiger partial charge in [0.2, 0.25) is 0 Å². The molecule has 0 aliphatic carbocycles. The Kier molecular flexibility index (Phi) is 3.84. The highest BCUT2D eigenvalue weighted by Crippen LogP contribution is 2.27. The number of nitrogens with zero attached hydrogens (tertiary/aromatic N) is 1. The molecular weight excluding hydrogens is 277 g/mol. The van der Waals surface area contributed by atoms with Crippen molar-refractivity contribution < 1.29 is 8.81 Å². The first-order valence-electron chi connectivity index (χ1n) is 6.79. The van der Waals surface area contributed by atoms with Crippen LogP contribution in [-0.2, 0) is 0 Å². The normalized spacial score (nSPS) is 10.7. The van der Waals surface area contributed by atoms with Crippen molar-refractivity contribution in [2.75, 3.05) is 0 Å². The number of nitriles is 1. The van der Waals surface area contributed by atoms with E-state index >= 15 is 0 Å². The van der Waals surface area contributed by atoms with Crippen molar-refractivity contribution in [1.29, 1.82) is 5.26 Å². The van der Waals surface area contributed by atoms with E-state index in [0.717, 1.165) is 11.1 Å². The minimum atomic E-state index is -0.306. The summed E-state index contributed by atoms with van der Waals surface area (Å²) in [6.45, 7) is 0. The van der Waals surface area contributed by atoms with E-state index in [-0.39, 0.29) is 5.82 Å². The molecule has 1 heterocycles. The molecule has 3 rings (SSSR count). The van der Waals surface area contributed by atoms with Crippen LogP contribution < -0.4 is 0 Å². The highest BCUT2D eigenvalue weighted by Gasteiger charge is 2.10. The first kappa shape index (κ1) is 13.8. The van der Waals surface area contributed by atoms with Crippen LogP contribution in [0, 0.1) is 17.1 Å². The number of benzene rings is 2. The zero-order valence-corrected chi connectivity index (χ0v) is 11.7. The molecule has 0 aliphatic rings. The van der Waals surface area contributed by atoms with E-state index in [1.807, 2.05) is 36.4 Å². The summed E-state index contributed by atoms with van der Waals surface area (Å²) in [5.74, 6) is 0.731. The molecule has 0 spiro atoms. The van der Waals surface area contributed by atoms with Gasteiger partial charge in [0.25, 0.3) is 0 Å². The maximum atomic E-state index is 13.0. The largest absolute Gasteiger partial charge is 0.455 e. The van der Waals surface area contributed by atoms with E-state index in [1.54, 1.807) is 24.3 Å². The zero-order chi connectivity index (χ0) is 15.4. The van der Waals surface area contributed by atoms with Gasteiger partial charge in [0, 0.05) is 11.6 Å². The van der Waals surface area contributed by atoms with Crippen LogP contribution in [0.1, 0.15) is 16.9 Å². The lowest BCUT2D eigenvalue weighted by atomic mass is 10.1. The third kappa shape index (κ3) is 2.97. The first-order valence-corrected chi connectivity index (χ1v) is 6.79. The fourth-order valence-corrected chi connectivity index (χ4v) is 2.11. The van der Waals surface area contributed by atoms with Gasteiger partial charge >= 0.3 is 0 Å². The summed E-state index contributed by atoms with van der Waals surface area (Å²) in [6, 6.07) is 19.5. The fraction of sp³-hybridized carbons (Fsp3) is 0. The second-order valence-electron chi connectivity index (χ2n) is 4.75. The molecule has 1 aromatic heterocycles. The third-order valence-corrected chi connectivity index (χ3v) is 3.24. The highest BCUT2D eigenvalue weighted by molar-refractivity contribution is 5.72. The molecule has 0 bridgehead atoms. The molecule has 22 heavy (non-hydrogen) atoms. The number of hydrogen-bond donors (Lipinski definition) is 0. The Labute approximate surface area is 127 Å². The van der Waals surface area contributed by atoms with Crippen LogP contribution in [0.3, 0.4) is 0 Å². The van der Waals surface area contributed by atoms with Gasteiger partial charge in [-0.3, -0.25) is 0 Å². The van der Waals surface area contributed by atoms with Gasteiger partial charge in [0.05, 0.1) is 5.56 Å². The highest BCUT2D eigenvalue weighted by atomic mass is 19.1. The molecule has 3 aromatic rings. The standard InChI is InChI=1S/C19H12FNO/c20-17-9-7-15(8-10-17)19-12-16(13-21)18(22-19)11-6-14-4-2-1-3-5-14/h1-12H/b11-6+. The Balaban J connectivity index is 1.94. The van der Waals surface area contributed by atoms with Gasteiger partial charge in [-0.2, -0.15) is 5.26 Å². The molecule has 0 unspecified atom stereocenters. The molecule has 0 atom stereocenters. The van der Waals surface area contributed by atoms with Crippen LogP contribution >= 0.6 is 0 Å². The average molecular weight is 289 g/mol. The van der Waals surface area contributed by atoms with Crippen LogP contribution in [-0.4, -0.2) is 0 Å². The molecule has 2 nitrogen and oxygen atoms in total. The smallest absolute Gasteiger partial charge is 0.145 e. The number of halogens is 1. The van der Waals surface area contributed by atoms with E-state index in [0.29, 0.717) is 17.1 Å². The first-order chi connectivity index (χ1) is 10.8. The number of furan rings is 1. The number of rotatable bonds is 3. The van der Waals surface area contributed by atoms with Crippen molar-refractivity contribution in [2.24, 2.45) is 0 Å². The minimum absolute atomic E-state index is 0.306. The summed E-state index contributed by atoms with van der Waals surface area (Å²) in [4.78, 5) is 0. The SMILES string of the molecule is N#Cc1cc(-c2ccc(F)cc2)oc1/C=C/c1ccccc1. The van der Waals surface area contributed by atoms with Crippen molar-refractivity contribution >= 4 is 12.2 Å². The summed E-state index contributed by atoms with van der Waals surface area (Å²) in [5.41, 5.74) is 2.20. The molecule has 0 fully saturated rings. The van der Waals surface area contributed by atoms with Gasteiger partial charge in [0.15, 0.2) is 0 Å². The lowest BCUT2D eigenvalue weighted by Gasteiger charge is -1.95. The molecule has 0 radical (unpaired) electrons. The summed E-state index contributed by atoms with van der Waals surface area (Å²) >= 11 is 0. The lowest BCUT2D eigenvalue weighted by Crippen LogP contribution is -1.75. The second kappa shape index (κ2) is 6.11. The van der Waals surface area contributed by atoms with Gasteiger partial charge in [0.1, 0.15) is 23.4 Å². The minimum Gasteiger partial charge on any atom is -0.455 e. The Morgan fingerprint density at radius 3 is 2.36 bits per heavy atom. The molecule has 0 N–H and O–H groups in total. The van der Waals surface area contributed by atoms with E-state index < -0.39 is 0 Å². The molecule has 0 aliphatic heterocycles. The topological polar surface area (TPSA) is 36.9 Å². The molecular formula is C19H12FNO. The number of hydrogen-bond acceptors (Lipinski definition) is 2. The maximum Gasteiger partial charge on any atom is 0.145 e. The zero-order valence-electron chi connectivity index (χ0n) is 11.7. The lowest BCUT2D eigenvalue weighted by molar-refractivity contribution is 0.570. The van der Waals surface area contributed by atoms with Crippen LogP contribution in [0.15, 0.2) is 65.1 Å². The molecule has 106 valence electrons. The van der Waals surface area contributed by atoms with Gasteiger partial charge in [-0.05, 0) is 35.9 Å². The molecule has 2 aromatic carbocycles. The van der Waals surface area contributed by atoms with Crippen LogP contribution in [0.4, 0.5) is 4.39 Å². The molecule has 0 saturated carbocycles. The van der Waals surface area contributed by atoms with E-state index in [4.69, 9.17) is 4.42 Å². The predicted molar refractivity (Wildman–Crippen MR) is 84.2 cm³/mol. The maximum absolute atomic E-state index is 13.0. The third-order valence-electron chi connectivity index (χ3n) is 3.24. The van der Waals surface area contributed by atoms with Crippen molar-refractivity contribution in [1.82, 2.24) is 0 Å². The van der Waals surface area contributed by atoms with Crippen molar-refractivity contribution in [3.05, 3.63) is 83.4 Å². The summed E-state index contributed by atoms with van der Waals surface area (Å²) in [5, 5.41) is 9.22. The van der Waals surface area contributed by atoms with Crippen molar-refractivity contribution in [3.63, 3.8) is 0 Å². The molecule has 0 saturated heterocycles. The van der Waals surface area contributed by atoms with Crippen molar-refractivity contribution in [3.8, 4) is 17.4 Å². The van der Waals surface area contributed by atoms with E-state index in [2.05, 4.69) is 6.07 Å². The average Bonchev–Trinajstić information content (AvgIpc) is 2.98. The second-order valence-corrected chi connectivity index (χ2v) is 4.75. The van der Waals surface area contributed by atoms with Crippen LogP contribution in [0.25, 0.3) is 23.5 Å². The van der Waals surface area contributed by atoms with E-state index in [9.17, 15) is 9.65 Å².